The Hall–Kier alpha value is -3.57. The predicted octanol–water partition coefficient (Wildman–Crippen LogP) is 9.88. The molecule has 5 rings (SSSR count). The third kappa shape index (κ3) is 7.69. The van der Waals surface area contributed by atoms with Gasteiger partial charge in [0.2, 0.25) is 0 Å². The number of hydrogen-bond donors (Lipinski definition) is 1. The number of para-hydroxylation sites is 1. The number of benzene rings is 4. The molecule has 4 nitrogen and oxygen atoms in total. The molecule has 0 saturated carbocycles. The highest BCUT2D eigenvalue weighted by Gasteiger charge is 2.24. The molecule has 1 unspecified atom stereocenters. The van der Waals surface area contributed by atoms with Crippen LogP contribution >= 0.6 is 11.6 Å². The second-order valence-corrected chi connectivity index (χ2v) is 12.3. The minimum atomic E-state index is -1.00. The first-order chi connectivity index (χ1) is 20.7. The van der Waals surface area contributed by atoms with Gasteiger partial charge < -0.3 is 19.6 Å². The van der Waals surface area contributed by atoms with Crippen LogP contribution in [0.3, 0.4) is 0 Å². The van der Waals surface area contributed by atoms with Crippen LogP contribution in [-0.4, -0.2) is 31.4 Å². The first-order valence-electron chi connectivity index (χ1n) is 15.4. The molecule has 1 N–H and O–H groups in total. The zero-order valence-electron chi connectivity index (χ0n) is 25.8. The van der Waals surface area contributed by atoms with E-state index in [0.29, 0.717) is 0 Å². The van der Waals surface area contributed by atoms with Crippen LogP contribution < -0.4 is 9.80 Å². The second-order valence-electron chi connectivity index (χ2n) is 11.9. The molecular weight excluding hydrogens is 552 g/mol. The van der Waals surface area contributed by atoms with E-state index in [0.717, 1.165) is 82.4 Å². The van der Waals surface area contributed by atoms with Crippen molar-refractivity contribution in [3.8, 4) is 0 Å². The van der Waals surface area contributed by atoms with E-state index in [1.807, 2.05) is 44.2 Å². The third-order valence-electron chi connectivity index (χ3n) is 8.16. The van der Waals surface area contributed by atoms with Crippen molar-refractivity contribution in [1.29, 1.82) is 0 Å². The molecule has 1 fully saturated rings. The van der Waals surface area contributed by atoms with Crippen molar-refractivity contribution < 1.29 is 9.84 Å². The average molecular weight is 595 g/mol. The first kappa shape index (κ1) is 30.9. The number of allylic oxidation sites excluding steroid dienone is 1. The third-order valence-corrected chi connectivity index (χ3v) is 8.41. The van der Waals surface area contributed by atoms with E-state index < -0.39 is 5.60 Å². The van der Waals surface area contributed by atoms with Crippen molar-refractivity contribution in [3.63, 3.8) is 0 Å². The molecule has 1 atom stereocenters. The highest BCUT2D eigenvalue weighted by molar-refractivity contribution is 6.30. The Morgan fingerprint density at radius 2 is 1.53 bits per heavy atom. The standard InChI is InChI=1S/C38H43ClN2O2/c1-5-11-37(28-15-19-32(20-16-28)40(4)33-21-17-31(39)18-22-33)29-24-30(38(2,3)42)26-35(25-29)41(34-12-7-6-8-13-34)27-36-14-9-10-23-43-36/h6-8,11-13,15-22,24-26,36,42H,5,9-10,14,23,27H2,1-4H3/b37-11-. The lowest BCUT2D eigenvalue weighted by Crippen LogP contribution is -2.33. The van der Waals surface area contributed by atoms with Crippen molar-refractivity contribution in [1.82, 2.24) is 0 Å². The molecule has 0 spiro atoms. The Balaban J connectivity index is 1.55. The Morgan fingerprint density at radius 3 is 2.14 bits per heavy atom. The molecule has 0 amide bonds. The lowest BCUT2D eigenvalue weighted by molar-refractivity contribution is 0.0222. The quantitative estimate of drug-likeness (QED) is 0.198. The summed E-state index contributed by atoms with van der Waals surface area (Å²) in [6.07, 6.45) is 6.71. The summed E-state index contributed by atoms with van der Waals surface area (Å²) in [7, 11) is 2.06. The highest BCUT2D eigenvalue weighted by Crippen LogP contribution is 2.37. The van der Waals surface area contributed by atoms with Gasteiger partial charge in [-0.3, -0.25) is 0 Å². The average Bonchev–Trinajstić information content (AvgIpc) is 3.03. The van der Waals surface area contributed by atoms with E-state index in [4.69, 9.17) is 16.3 Å². The van der Waals surface area contributed by atoms with Crippen molar-refractivity contribution in [3.05, 3.63) is 125 Å². The first-order valence-corrected chi connectivity index (χ1v) is 15.7. The number of hydrogen-bond acceptors (Lipinski definition) is 4. The van der Waals surface area contributed by atoms with Crippen LogP contribution in [0.4, 0.5) is 22.7 Å². The highest BCUT2D eigenvalue weighted by atomic mass is 35.5. The summed E-state index contributed by atoms with van der Waals surface area (Å²) in [5.74, 6) is 0. The predicted molar refractivity (Wildman–Crippen MR) is 182 cm³/mol. The molecule has 1 aliphatic rings. The number of nitrogens with zero attached hydrogens (tertiary/aromatic N) is 2. The number of anilines is 4. The van der Waals surface area contributed by atoms with Gasteiger partial charge in [-0.05, 0) is 129 Å². The molecule has 4 aromatic carbocycles. The number of rotatable bonds is 10. The van der Waals surface area contributed by atoms with Crippen LogP contribution in [0, 0.1) is 0 Å². The Labute approximate surface area is 262 Å². The van der Waals surface area contributed by atoms with Gasteiger partial charge in [0.1, 0.15) is 0 Å². The summed E-state index contributed by atoms with van der Waals surface area (Å²) in [5.41, 5.74) is 7.59. The molecule has 0 bridgehead atoms. The lowest BCUT2D eigenvalue weighted by atomic mass is 9.90. The summed E-state index contributed by atoms with van der Waals surface area (Å²) in [6.45, 7) is 7.46. The van der Waals surface area contributed by atoms with Gasteiger partial charge >= 0.3 is 0 Å². The van der Waals surface area contributed by atoms with E-state index in [9.17, 15) is 5.11 Å². The molecule has 1 saturated heterocycles. The number of ether oxygens (including phenoxy) is 1. The van der Waals surface area contributed by atoms with Crippen LogP contribution in [0.2, 0.25) is 5.02 Å². The molecule has 43 heavy (non-hydrogen) atoms. The van der Waals surface area contributed by atoms with Crippen LogP contribution in [0.5, 0.6) is 0 Å². The van der Waals surface area contributed by atoms with Crippen LogP contribution in [0.25, 0.3) is 5.57 Å². The monoisotopic (exact) mass is 594 g/mol. The van der Waals surface area contributed by atoms with Crippen molar-refractivity contribution >= 4 is 39.9 Å². The maximum absolute atomic E-state index is 11.2. The molecule has 0 radical (unpaired) electrons. The van der Waals surface area contributed by atoms with E-state index in [1.54, 1.807) is 0 Å². The molecule has 5 heteroatoms. The smallest absolute Gasteiger partial charge is 0.0841 e. The normalized spacial score (nSPS) is 15.8. The van der Waals surface area contributed by atoms with Gasteiger partial charge in [-0.15, -0.1) is 0 Å². The molecular formula is C38H43ClN2O2. The number of aliphatic hydroxyl groups is 1. The maximum Gasteiger partial charge on any atom is 0.0841 e. The van der Waals surface area contributed by atoms with Gasteiger partial charge in [-0.2, -0.15) is 0 Å². The summed E-state index contributed by atoms with van der Waals surface area (Å²) in [6, 6.07) is 33.6. The minimum Gasteiger partial charge on any atom is -0.386 e. The van der Waals surface area contributed by atoms with Gasteiger partial charge in [0.05, 0.1) is 11.7 Å². The SMILES string of the molecule is CC/C=C(/c1ccc(N(C)c2ccc(Cl)cc2)cc1)c1cc(N(CC2CCCCO2)c2ccccc2)cc(C(C)(C)O)c1. The molecule has 4 aromatic rings. The fourth-order valence-corrected chi connectivity index (χ4v) is 5.81. The Kier molecular flexibility index (Phi) is 9.92. The lowest BCUT2D eigenvalue weighted by Gasteiger charge is -2.33. The van der Waals surface area contributed by atoms with Crippen LogP contribution in [0.15, 0.2) is 103 Å². The molecule has 0 aromatic heterocycles. The molecule has 1 heterocycles. The minimum absolute atomic E-state index is 0.166. The van der Waals surface area contributed by atoms with E-state index in [-0.39, 0.29) is 6.10 Å². The Morgan fingerprint density at radius 1 is 0.860 bits per heavy atom. The van der Waals surface area contributed by atoms with Crippen molar-refractivity contribution in [2.75, 3.05) is 30.0 Å². The fraction of sp³-hybridized carbons (Fsp3) is 0.316. The van der Waals surface area contributed by atoms with Crippen molar-refractivity contribution in [2.24, 2.45) is 0 Å². The summed E-state index contributed by atoms with van der Waals surface area (Å²) >= 11 is 6.11. The van der Waals surface area contributed by atoms with Gasteiger partial charge in [-0.25, -0.2) is 0 Å². The van der Waals surface area contributed by atoms with Gasteiger partial charge in [0.25, 0.3) is 0 Å². The molecule has 224 valence electrons. The van der Waals surface area contributed by atoms with Gasteiger partial charge in [0, 0.05) is 48.0 Å². The van der Waals surface area contributed by atoms with Crippen LogP contribution in [-0.2, 0) is 10.3 Å². The molecule has 1 aliphatic heterocycles. The fourth-order valence-electron chi connectivity index (χ4n) is 5.68. The summed E-state index contributed by atoms with van der Waals surface area (Å²) in [4.78, 5) is 4.50. The van der Waals surface area contributed by atoms with E-state index in [2.05, 4.69) is 96.6 Å². The topological polar surface area (TPSA) is 35.9 Å². The van der Waals surface area contributed by atoms with E-state index >= 15 is 0 Å². The molecule has 0 aliphatic carbocycles. The van der Waals surface area contributed by atoms with Crippen LogP contribution in [0.1, 0.15) is 63.1 Å². The largest absolute Gasteiger partial charge is 0.386 e. The number of halogens is 1. The summed E-state index contributed by atoms with van der Waals surface area (Å²) < 4.78 is 6.19. The zero-order valence-corrected chi connectivity index (χ0v) is 26.5. The summed E-state index contributed by atoms with van der Waals surface area (Å²) in [5, 5.41) is 12.0. The zero-order chi connectivity index (χ0) is 30.4. The maximum atomic E-state index is 11.2. The van der Waals surface area contributed by atoms with Gasteiger partial charge in [-0.1, -0.05) is 54.9 Å². The Bertz CT molecular complexity index is 1500. The van der Waals surface area contributed by atoms with E-state index in [1.165, 1.54) is 6.42 Å². The second kappa shape index (κ2) is 13.8. The van der Waals surface area contributed by atoms with Crippen molar-refractivity contribution in [2.45, 2.75) is 58.2 Å². The van der Waals surface area contributed by atoms with Gasteiger partial charge in [0.15, 0.2) is 0 Å².